The van der Waals surface area contributed by atoms with Crippen LogP contribution in [0, 0.1) is 5.92 Å². The number of ether oxygens (including phenoxy) is 1. The summed E-state index contributed by atoms with van der Waals surface area (Å²) in [5.74, 6) is 0.0220. The molecule has 0 aliphatic heterocycles. The molecule has 0 N–H and O–H groups in total. The minimum absolute atomic E-state index is 0.0220. The van der Waals surface area contributed by atoms with E-state index in [2.05, 4.69) is 6.08 Å². The van der Waals surface area contributed by atoms with Gasteiger partial charge in [-0.3, -0.25) is 0 Å². The average molecular weight is 216 g/mol. The Kier molecular flexibility index (Phi) is 3.89. The minimum atomic E-state index is -0.0496. The van der Waals surface area contributed by atoms with Crippen LogP contribution in [0.15, 0.2) is 42.5 Å². The molecule has 0 fully saturated rings. The van der Waals surface area contributed by atoms with Crippen LogP contribution in [0.25, 0.3) is 0 Å². The van der Waals surface area contributed by atoms with Gasteiger partial charge in [0.2, 0.25) is 0 Å². The average Bonchev–Trinajstić information content (AvgIpc) is 2.38. The molecule has 2 atom stereocenters. The highest BCUT2D eigenvalue weighted by atomic mass is 16.5. The Morgan fingerprint density at radius 1 is 1.31 bits per heavy atom. The molecule has 0 amide bonds. The number of aldehydes is 1. The lowest BCUT2D eigenvalue weighted by molar-refractivity contribution is -0.115. The molecule has 1 aliphatic rings. The van der Waals surface area contributed by atoms with Gasteiger partial charge < -0.3 is 9.53 Å². The SMILES string of the molecule is O=C[C@H]1CCC=C[C@H]1OCc1ccccc1. The van der Waals surface area contributed by atoms with Gasteiger partial charge >= 0.3 is 0 Å². The summed E-state index contributed by atoms with van der Waals surface area (Å²) in [7, 11) is 0. The molecule has 0 spiro atoms. The monoisotopic (exact) mass is 216 g/mol. The fourth-order valence-corrected chi connectivity index (χ4v) is 1.92. The summed E-state index contributed by atoms with van der Waals surface area (Å²) >= 11 is 0. The maximum absolute atomic E-state index is 10.9. The first-order chi connectivity index (χ1) is 7.90. The van der Waals surface area contributed by atoms with Gasteiger partial charge in [-0.15, -0.1) is 0 Å². The first kappa shape index (κ1) is 11.1. The van der Waals surface area contributed by atoms with E-state index in [1.165, 1.54) is 0 Å². The Morgan fingerprint density at radius 3 is 2.88 bits per heavy atom. The van der Waals surface area contributed by atoms with Crippen molar-refractivity contribution >= 4 is 6.29 Å². The lowest BCUT2D eigenvalue weighted by Crippen LogP contribution is -2.25. The Morgan fingerprint density at radius 2 is 2.12 bits per heavy atom. The topological polar surface area (TPSA) is 26.3 Å². The number of allylic oxidation sites excluding steroid dienone is 1. The molecule has 0 unspecified atom stereocenters. The van der Waals surface area contributed by atoms with E-state index in [0.29, 0.717) is 6.61 Å². The molecule has 2 nitrogen and oxygen atoms in total. The van der Waals surface area contributed by atoms with Gasteiger partial charge in [-0.05, 0) is 18.4 Å². The van der Waals surface area contributed by atoms with Gasteiger partial charge in [0, 0.05) is 5.92 Å². The van der Waals surface area contributed by atoms with E-state index < -0.39 is 0 Å². The molecule has 84 valence electrons. The molecule has 0 saturated carbocycles. The second-order valence-corrected chi connectivity index (χ2v) is 4.07. The third-order valence-corrected chi connectivity index (χ3v) is 2.87. The number of hydrogen-bond donors (Lipinski definition) is 0. The summed E-state index contributed by atoms with van der Waals surface area (Å²) in [5, 5.41) is 0. The largest absolute Gasteiger partial charge is 0.369 e. The Bertz CT molecular complexity index is 356. The summed E-state index contributed by atoms with van der Waals surface area (Å²) < 4.78 is 5.75. The Hall–Kier alpha value is -1.41. The molecule has 0 radical (unpaired) electrons. The highest BCUT2D eigenvalue weighted by Gasteiger charge is 2.21. The van der Waals surface area contributed by atoms with Gasteiger partial charge in [-0.1, -0.05) is 42.5 Å². The molecule has 1 aliphatic carbocycles. The highest BCUT2D eigenvalue weighted by molar-refractivity contribution is 5.55. The number of carbonyl (C=O) groups is 1. The normalized spacial score (nSPS) is 24.2. The zero-order chi connectivity index (χ0) is 11.2. The maximum atomic E-state index is 10.9. The number of hydrogen-bond acceptors (Lipinski definition) is 2. The third-order valence-electron chi connectivity index (χ3n) is 2.87. The summed E-state index contributed by atoms with van der Waals surface area (Å²) in [5.41, 5.74) is 1.14. The van der Waals surface area contributed by atoms with Gasteiger partial charge in [0.15, 0.2) is 0 Å². The fourth-order valence-electron chi connectivity index (χ4n) is 1.92. The van der Waals surface area contributed by atoms with Crippen molar-refractivity contribution in [3.63, 3.8) is 0 Å². The summed E-state index contributed by atoms with van der Waals surface area (Å²) in [6.45, 7) is 0.570. The Labute approximate surface area is 95.9 Å². The molecule has 2 rings (SSSR count). The smallest absolute Gasteiger partial charge is 0.126 e. The van der Waals surface area contributed by atoms with E-state index in [1.807, 2.05) is 36.4 Å². The molecule has 0 saturated heterocycles. The summed E-state index contributed by atoms with van der Waals surface area (Å²) in [6.07, 6.45) is 6.94. The van der Waals surface area contributed by atoms with Crippen molar-refractivity contribution in [3.05, 3.63) is 48.0 Å². The molecular formula is C14H16O2. The molecule has 1 aromatic carbocycles. The van der Waals surface area contributed by atoms with Crippen molar-refractivity contribution in [2.75, 3.05) is 0 Å². The minimum Gasteiger partial charge on any atom is -0.369 e. The Balaban J connectivity index is 1.91. The van der Waals surface area contributed by atoms with Crippen LogP contribution in [-0.4, -0.2) is 12.4 Å². The van der Waals surface area contributed by atoms with Crippen molar-refractivity contribution in [1.82, 2.24) is 0 Å². The van der Waals surface area contributed by atoms with Gasteiger partial charge in [0.05, 0.1) is 12.7 Å². The molecule has 0 bridgehead atoms. The lowest BCUT2D eigenvalue weighted by atomic mass is 9.93. The summed E-state index contributed by atoms with van der Waals surface area (Å²) in [6, 6.07) is 10.0. The van der Waals surface area contributed by atoms with Crippen LogP contribution < -0.4 is 0 Å². The lowest BCUT2D eigenvalue weighted by Gasteiger charge is -2.23. The zero-order valence-electron chi connectivity index (χ0n) is 9.21. The number of carbonyl (C=O) groups excluding carboxylic acids is 1. The number of benzene rings is 1. The molecule has 0 aromatic heterocycles. The van der Waals surface area contributed by atoms with Crippen LogP contribution in [0.4, 0.5) is 0 Å². The van der Waals surface area contributed by atoms with E-state index in [9.17, 15) is 4.79 Å². The van der Waals surface area contributed by atoms with Crippen LogP contribution >= 0.6 is 0 Å². The van der Waals surface area contributed by atoms with Gasteiger partial charge in [-0.2, -0.15) is 0 Å². The van der Waals surface area contributed by atoms with E-state index in [0.717, 1.165) is 24.7 Å². The molecule has 16 heavy (non-hydrogen) atoms. The molecule has 1 aromatic rings. The third kappa shape index (κ3) is 2.80. The molecule has 0 heterocycles. The fraction of sp³-hybridized carbons (Fsp3) is 0.357. The highest BCUT2D eigenvalue weighted by Crippen LogP contribution is 2.20. The van der Waals surface area contributed by atoms with Crippen LogP contribution in [0.5, 0.6) is 0 Å². The number of rotatable bonds is 4. The van der Waals surface area contributed by atoms with Crippen molar-refractivity contribution < 1.29 is 9.53 Å². The molecular weight excluding hydrogens is 200 g/mol. The van der Waals surface area contributed by atoms with Crippen LogP contribution in [0.2, 0.25) is 0 Å². The standard InChI is InChI=1S/C14H16O2/c15-10-13-8-4-5-9-14(13)16-11-12-6-2-1-3-7-12/h1-3,5-7,9-10,13-14H,4,8,11H2/t13-,14-/m1/s1. The van der Waals surface area contributed by atoms with Crippen LogP contribution in [-0.2, 0) is 16.1 Å². The van der Waals surface area contributed by atoms with Crippen molar-refractivity contribution in [2.45, 2.75) is 25.6 Å². The van der Waals surface area contributed by atoms with Gasteiger partial charge in [-0.25, -0.2) is 0 Å². The maximum Gasteiger partial charge on any atom is 0.126 e. The van der Waals surface area contributed by atoms with Crippen LogP contribution in [0.3, 0.4) is 0 Å². The van der Waals surface area contributed by atoms with Gasteiger partial charge in [0.1, 0.15) is 6.29 Å². The quantitative estimate of drug-likeness (QED) is 0.571. The van der Waals surface area contributed by atoms with Crippen molar-refractivity contribution in [2.24, 2.45) is 5.92 Å². The second-order valence-electron chi connectivity index (χ2n) is 4.07. The van der Waals surface area contributed by atoms with Crippen molar-refractivity contribution in [1.29, 1.82) is 0 Å². The predicted molar refractivity (Wildman–Crippen MR) is 62.9 cm³/mol. The first-order valence-electron chi connectivity index (χ1n) is 5.67. The summed E-state index contributed by atoms with van der Waals surface area (Å²) in [4.78, 5) is 10.9. The van der Waals surface area contributed by atoms with E-state index in [-0.39, 0.29) is 12.0 Å². The van der Waals surface area contributed by atoms with Crippen molar-refractivity contribution in [3.8, 4) is 0 Å². The zero-order valence-corrected chi connectivity index (χ0v) is 9.21. The van der Waals surface area contributed by atoms with Crippen LogP contribution in [0.1, 0.15) is 18.4 Å². The van der Waals surface area contributed by atoms with E-state index in [1.54, 1.807) is 0 Å². The molecule has 2 heteroatoms. The van der Waals surface area contributed by atoms with E-state index in [4.69, 9.17) is 4.74 Å². The van der Waals surface area contributed by atoms with Gasteiger partial charge in [0.25, 0.3) is 0 Å². The van der Waals surface area contributed by atoms with E-state index >= 15 is 0 Å². The predicted octanol–water partition coefficient (Wildman–Crippen LogP) is 2.74. The first-order valence-corrected chi connectivity index (χ1v) is 5.67. The second kappa shape index (κ2) is 5.61.